The molecule has 172 valence electrons. The number of phenols is 1. The summed E-state index contributed by atoms with van der Waals surface area (Å²) >= 11 is 1.53. The number of esters is 1. The molecule has 0 saturated heterocycles. The number of aromatic nitrogens is 1. The molecule has 3 N–H and O–H groups in total. The van der Waals surface area contributed by atoms with E-state index in [4.69, 9.17) is 4.74 Å². The number of hydrogen-bond acceptors (Lipinski definition) is 7. The van der Waals surface area contributed by atoms with Gasteiger partial charge in [0.1, 0.15) is 17.5 Å². The Balaban J connectivity index is 1.66. The van der Waals surface area contributed by atoms with Crippen LogP contribution in [0.25, 0.3) is 22.0 Å². The number of ether oxygens (including phenoxy) is 1. The van der Waals surface area contributed by atoms with E-state index in [2.05, 4.69) is 10.3 Å². The summed E-state index contributed by atoms with van der Waals surface area (Å²) in [5.41, 5.74) is 2.63. The second-order valence-electron chi connectivity index (χ2n) is 7.52. The van der Waals surface area contributed by atoms with Crippen LogP contribution in [0, 0.1) is 0 Å². The number of fused-ring (bicyclic) bond motifs is 1. The number of pyridine rings is 1. The number of methoxy groups -OCH3 is 1. The van der Waals surface area contributed by atoms with Crippen molar-refractivity contribution in [3.63, 3.8) is 0 Å². The van der Waals surface area contributed by atoms with E-state index in [0.717, 1.165) is 11.1 Å². The number of rotatable bonds is 7. The Kier molecular flexibility index (Phi) is 6.55. The standard InChI is InChI=1S/C25H20N2O6S/c1-33-25(32)22(10-14-2-5-17(28)6-3-14)27-23(29)21-12-19(24(30)31)18-11-15(4-7-20(18)26-21)16-8-9-34-13-16/h2-9,11-13,22,28H,10H2,1H3,(H,27,29)(H,30,31)/t22-/m0/s1. The zero-order valence-corrected chi connectivity index (χ0v) is 18.8. The Labute approximate surface area is 198 Å². The highest BCUT2D eigenvalue weighted by molar-refractivity contribution is 7.08. The predicted molar refractivity (Wildman–Crippen MR) is 127 cm³/mol. The maximum Gasteiger partial charge on any atom is 0.336 e. The lowest BCUT2D eigenvalue weighted by molar-refractivity contribution is -0.142. The first-order chi connectivity index (χ1) is 16.4. The number of nitrogens with one attached hydrogen (secondary N) is 1. The van der Waals surface area contributed by atoms with Gasteiger partial charge in [0, 0.05) is 11.8 Å². The number of benzene rings is 2. The fourth-order valence-electron chi connectivity index (χ4n) is 3.56. The largest absolute Gasteiger partial charge is 0.508 e. The van der Waals surface area contributed by atoms with Crippen LogP contribution in [0.15, 0.2) is 65.4 Å². The van der Waals surface area contributed by atoms with E-state index in [1.165, 1.54) is 36.6 Å². The molecule has 34 heavy (non-hydrogen) atoms. The number of hydrogen-bond donors (Lipinski definition) is 3. The van der Waals surface area contributed by atoms with Crippen molar-refractivity contribution in [2.24, 2.45) is 0 Å². The average molecular weight is 477 g/mol. The molecule has 1 atom stereocenters. The van der Waals surface area contributed by atoms with Crippen molar-refractivity contribution in [1.82, 2.24) is 10.3 Å². The van der Waals surface area contributed by atoms with Gasteiger partial charge >= 0.3 is 11.9 Å². The van der Waals surface area contributed by atoms with Crippen LogP contribution in [0.2, 0.25) is 0 Å². The Hall–Kier alpha value is -4.24. The van der Waals surface area contributed by atoms with Gasteiger partial charge < -0.3 is 20.3 Å². The van der Waals surface area contributed by atoms with Crippen molar-refractivity contribution in [3.05, 3.63) is 82.2 Å². The third-order valence-corrected chi connectivity index (χ3v) is 5.98. The third-order valence-electron chi connectivity index (χ3n) is 5.29. The molecule has 0 fully saturated rings. The van der Waals surface area contributed by atoms with Gasteiger partial charge in [-0.15, -0.1) is 0 Å². The van der Waals surface area contributed by atoms with Crippen LogP contribution in [0.5, 0.6) is 5.75 Å². The zero-order chi connectivity index (χ0) is 24.2. The molecule has 0 saturated carbocycles. The molecule has 2 aromatic heterocycles. The molecule has 0 aliphatic heterocycles. The Bertz CT molecular complexity index is 1370. The maximum absolute atomic E-state index is 13.0. The van der Waals surface area contributed by atoms with Gasteiger partial charge in [0.15, 0.2) is 0 Å². The molecule has 2 heterocycles. The highest BCUT2D eigenvalue weighted by Gasteiger charge is 2.25. The number of carboxylic acid groups (broad SMARTS) is 1. The maximum atomic E-state index is 13.0. The van der Waals surface area contributed by atoms with Gasteiger partial charge in [-0.3, -0.25) is 4.79 Å². The van der Waals surface area contributed by atoms with Gasteiger partial charge in [0.05, 0.1) is 18.2 Å². The van der Waals surface area contributed by atoms with Crippen molar-refractivity contribution in [3.8, 4) is 16.9 Å². The molecule has 4 aromatic rings. The monoisotopic (exact) mass is 476 g/mol. The fourth-order valence-corrected chi connectivity index (χ4v) is 4.23. The number of carbonyl (C=O) groups excluding carboxylic acids is 2. The summed E-state index contributed by atoms with van der Waals surface area (Å²) in [7, 11) is 1.21. The molecular formula is C25H20N2O6S. The summed E-state index contributed by atoms with van der Waals surface area (Å²) in [5.74, 6) is -2.50. The minimum absolute atomic E-state index is 0.0691. The highest BCUT2D eigenvalue weighted by atomic mass is 32.1. The molecule has 0 aliphatic rings. The fraction of sp³-hybridized carbons (Fsp3) is 0.120. The molecule has 0 radical (unpaired) electrons. The third kappa shape index (κ3) is 4.89. The molecule has 9 heteroatoms. The quantitative estimate of drug-likeness (QED) is 0.346. The number of phenolic OH excluding ortho intramolecular Hbond substituents is 1. The number of thiophene rings is 1. The summed E-state index contributed by atoms with van der Waals surface area (Å²) in [6, 6.07) is 13.5. The van der Waals surface area contributed by atoms with Gasteiger partial charge in [-0.05, 0) is 63.8 Å². The summed E-state index contributed by atoms with van der Waals surface area (Å²) in [5, 5.41) is 26.1. The normalized spacial score (nSPS) is 11.7. The number of aromatic hydroxyl groups is 1. The number of nitrogens with zero attached hydrogens (tertiary/aromatic N) is 1. The first kappa shape index (κ1) is 22.9. The van der Waals surface area contributed by atoms with E-state index in [1.807, 2.05) is 22.9 Å². The van der Waals surface area contributed by atoms with E-state index in [-0.39, 0.29) is 23.4 Å². The second kappa shape index (κ2) is 9.72. The average Bonchev–Trinajstić information content (AvgIpc) is 3.38. The molecule has 0 spiro atoms. The van der Waals surface area contributed by atoms with Gasteiger partial charge in [-0.1, -0.05) is 18.2 Å². The number of carbonyl (C=O) groups is 3. The first-order valence-corrected chi connectivity index (χ1v) is 11.2. The Morgan fingerprint density at radius 2 is 1.82 bits per heavy atom. The molecule has 1 amide bonds. The summed E-state index contributed by atoms with van der Waals surface area (Å²) < 4.78 is 4.81. The Morgan fingerprint density at radius 1 is 1.06 bits per heavy atom. The van der Waals surface area contributed by atoms with E-state index >= 15 is 0 Å². The van der Waals surface area contributed by atoms with Crippen molar-refractivity contribution in [1.29, 1.82) is 0 Å². The van der Waals surface area contributed by atoms with Gasteiger partial charge in [-0.2, -0.15) is 11.3 Å². The van der Waals surface area contributed by atoms with Crippen LogP contribution < -0.4 is 5.32 Å². The van der Waals surface area contributed by atoms with Crippen molar-refractivity contribution in [2.75, 3.05) is 7.11 Å². The molecule has 0 bridgehead atoms. The van der Waals surface area contributed by atoms with E-state index in [9.17, 15) is 24.6 Å². The highest BCUT2D eigenvalue weighted by Crippen LogP contribution is 2.28. The summed E-state index contributed by atoms with van der Waals surface area (Å²) in [6.45, 7) is 0. The smallest absolute Gasteiger partial charge is 0.336 e. The minimum Gasteiger partial charge on any atom is -0.508 e. The van der Waals surface area contributed by atoms with Gasteiger partial charge in [0.25, 0.3) is 5.91 Å². The van der Waals surface area contributed by atoms with Gasteiger partial charge in [-0.25, -0.2) is 14.6 Å². The zero-order valence-electron chi connectivity index (χ0n) is 18.0. The molecule has 4 rings (SSSR count). The first-order valence-electron chi connectivity index (χ1n) is 10.2. The topological polar surface area (TPSA) is 126 Å². The van der Waals surface area contributed by atoms with E-state index < -0.39 is 23.9 Å². The second-order valence-corrected chi connectivity index (χ2v) is 8.30. The van der Waals surface area contributed by atoms with Crippen LogP contribution >= 0.6 is 11.3 Å². The summed E-state index contributed by atoms with van der Waals surface area (Å²) in [4.78, 5) is 41.6. The van der Waals surface area contributed by atoms with E-state index in [1.54, 1.807) is 24.3 Å². The van der Waals surface area contributed by atoms with Crippen molar-refractivity contribution < 1.29 is 29.3 Å². The lowest BCUT2D eigenvalue weighted by Gasteiger charge is -2.17. The van der Waals surface area contributed by atoms with Crippen LogP contribution in [0.1, 0.15) is 26.4 Å². The number of carboxylic acids is 1. The van der Waals surface area contributed by atoms with Gasteiger partial charge in [0.2, 0.25) is 0 Å². The molecular weight excluding hydrogens is 456 g/mol. The molecule has 0 unspecified atom stereocenters. The van der Waals surface area contributed by atoms with Crippen LogP contribution in [-0.2, 0) is 16.0 Å². The SMILES string of the molecule is COC(=O)[C@H](Cc1ccc(O)cc1)NC(=O)c1cc(C(=O)O)c2cc(-c3ccsc3)ccc2n1. The van der Waals surface area contributed by atoms with Crippen LogP contribution in [0.4, 0.5) is 0 Å². The predicted octanol–water partition coefficient (Wildman–Crippen LogP) is 3.88. The lowest BCUT2D eigenvalue weighted by Crippen LogP contribution is -2.43. The number of aromatic carboxylic acids is 1. The minimum atomic E-state index is -1.20. The molecule has 0 aliphatic carbocycles. The van der Waals surface area contributed by atoms with Crippen LogP contribution in [-0.4, -0.2) is 46.2 Å². The Morgan fingerprint density at radius 3 is 2.47 bits per heavy atom. The number of amides is 1. The van der Waals surface area contributed by atoms with E-state index in [0.29, 0.717) is 16.5 Å². The lowest BCUT2D eigenvalue weighted by atomic mass is 10.0. The molecule has 8 nitrogen and oxygen atoms in total. The van der Waals surface area contributed by atoms with Crippen molar-refractivity contribution >= 4 is 40.1 Å². The van der Waals surface area contributed by atoms with Crippen molar-refractivity contribution in [2.45, 2.75) is 12.5 Å². The summed E-state index contributed by atoms with van der Waals surface area (Å²) in [6.07, 6.45) is 0.113. The molecule has 2 aromatic carbocycles. The van der Waals surface area contributed by atoms with Crippen LogP contribution in [0.3, 0.4) is 0 Å².